The molecule has 0 aliphatic carbocycles. The molecule has 4 heteroatoms. The predicted octanol–water partition coefficient (Wildman–Crippen LogP) is 7.56. The summed E-state index contributed by atoms with van der Waals surface area (Å²) in [5.41, 5.74) is 9.81. The summed E-state index contributed by atoms with van der Waals surface area (Å²) in [5.74, 6) is 1.04. The van der Waals surface area contributed by atoms with Crippen LogP contribution in [0.25, 0.3) is 0 Å². The van der Waals surface area contributed by atoms with E-state index in [0.717, 1.165) is 46.1 Å². The SMILES string of the molecule is COCOc1ccc(Cc2c(C)cc(N=C(c3ccccc3)c3ccccc3)cc2C)nc1C(C)C. The number of ether oxygens (including phenoxy) is 2. The third kappa shape index (κ3) is 6.07. The molecule has 0 amide bonds. The first-order valence-electron chi connectivity index (χ1n) is 12.4. The molecule has 36 heavy (non-hydrogen) atoms. The zero-order valence-corrected chi connectivity index (χ0v) is 21.8. The Kier molecular flexibility index (Phi) is 8.29. The van der Waals surface area contributed by atoms with Crippen molar-refractivity contribution < 1.29 is 9.47 Å². The van der Waals surface area contributed by atoms with Crippen molar-refractivity contribution >= 4 is 11.4 Å². The summed E-state index contributed by atoms with van der Waals surface area (Å²) in [6.07, 6.45) is 0.760. The maximum atomic E-state index is 5.73. The molecule has 0 aliphatic heterocycles. The molecule has 0 unspecified atom stereocenters. The van der Waals surface area contributed by atoms with Gasteiger partial charge in [0.15, 0.2) is 6.79 Å². The molecule has 0 saturated carbocycles. The van der Waals surface area contributed by atoms with Crippen LogP contribution in [0.1, 0.15) is 59.0 Å². The number of hydrogen-bond donors (Lipinski definition) is 0. The molecule has 4 aromatic rings. The first-order chi connectivity index (χ1) is 17.5. The van der Waals surface area contributed by atoms with Gasteiger partial charge in [-0.2, -0.15) is 0 Å². The Hall–Kier alpha value is -3.76. The molecule has 4 rings (SSSR count). The molecule has 1 aromatic heterocycles. The van der Waals surface area contributed by atoms with Crippen LogP contribution in [0.2, 0.25) is 0 Å². The third-order valence-corrected chi connectivity index (χ3v) is 6.20. The van der Waals surface area contributed by atoms with Gasteiger partial charge in [0.05, 0.1) is 17.1 Å². The average molecular weight is 479 g/mol. The van der Waals surface area contributed by atoms with Crippen LogP contribution in [0.4, 0.5) is 5.69 Å². The van der Waals surface area contributed by atoms with Crippen molar-refractivity contribution in [1.82, 2.24) is 4.98 Å². The number of aliphatic imine (C=N–C) groups is 1. The van der Waals surface area contributed by atoms with Crippen molar-refractivity contribution in [3.63, 3.8) is 0 Å². The molecule has 0 N–H and O–H groups in total. The summed E-state index contributed by atoms with van der Waals surface area (Å²) in [4.78, 5) is 10.1. The predicted molar refractivity (Wildman–Crippen MR) is 148 cm³/mol. The van der Waals surface area contributed by atoms with Crippen molar-refractivity contribution in [2.24, 2.45) is 4.99 Å². The average Bonchev–Trinajstić information content (AvgIpc) is 2.89. The van der Waals surface area contributed by atoms with E-state index >= 15 is 0 Å². The molecule has 0 spiro atoms. The summed E-state index contributed by atoms with van der Waals surface area (Å²) in [7, 11) is 1.62. The van der Waals surface area contributed by atoms with E-state index in [4.69, 9.17) is 19.5 Å². The van der Waals surface area contributed by atoms with E-state index in [0.29, 0.717) is 0 Å². The molecule has 0 aliphatic rings. The largest absolute Gasteiger partial charge is 0.466 e. The fourth-order valence-electron chi connectivity index (χ4n) is 4.37. The lowest BCUT2D eigenvalue weighted by Gasteiger charge is -2.16. The Morgan fingerprint density at radius 3 is 1.94 bits per heavy atom. The first-order valence-corrected chi connectivity index (χ1v) is 12.4. The topological polar surface area (TPSA) is 43.7 Å². The fourth-order valence-corrected chi connectivity index (χ4v) is 4.37. The van der Waals surface area contributed by atoms with Crippen LogP contribution < -0.4 is 4.74 Å². The van der Waals surface area contributed by atoms with Gasteiger partial charge in [-0.05, 0) is 60.7 Å². The zero-order chi connectivity index (χ0) is 25.5. The quantitative estimate of drug-likeness (QED) is 0.184. The number of hydrogen-bond acceptors (Lipinski definition) is 4. The number of rotatable bonds is 9. The molecule has 4 nitrogen and oxygen atoms in total. The Labute approximate surface area is 214 Å². The van der Waals surface area contributed by atoms with Crippen molar-refractivity contribution in [1.29, 1.82) is 0 Å². The molecular weight excluding hydrogens is 444 g/mol. The van der Waals surface area contributed by atoms with E-state index in [1.54, 1.807) is 7.11 Å². The number of benzene rings is 3. The lowest BCUT2D eigenvalue weighted by molar-refractivity contribution is 0.0499. The number of pyridine rings is 1. The summed E-state index contributed by atoms with van der Waals surface area (Å²) in [6, 6.07) is 29.1. The molecule has 0 saturated heterocycles. The Morgan fingerprint density at radius 1 is 0.833 bits per heavy atom. The molecule has 0 fully saturated rings. The van der Waals surface area contributed by atoms with Gasteiger partial charge < -0.3 is 9.47 Å². The van der Waals surface area contributed by atoms with Crippen LogP contribution in [-0.4, -0.2) is 24.6 Å². The first kappa shape index (κ1) is 25.3. The summed E-state index contributed by atoms with van der Waals surface area (Å²) in [6.45, 7) is 8.80. The van der Waals surface area contributed by atoms with Crippen LogP contribution in [-0.2, 0) is 11.2 Å². The van der Waals surface area contributed by atoms with E-state index in [2.05, 4.69) is 88.4 Å². The van der Waals surface area contributed by atoms with Crippen LogP contribution in [0.3, 0.4) is 0 Å². The van der Waals surface area contributed by atoms with Gasteiger partial charge in [0, 0.05) is 30.4 Å². The van der Waals surface area contributed by atoms with Crippen LogP contribution in [0, 0.1) is 13.8 Å². The van der Waals surface area contributed by atoms with Crippen LogP contribution in [0.5, 0.6) is 5.75 Å². The molecule has 0 bridgehead atoms. The van der Waals surface area contributed by atoms with Gasteiger partial charge in [-0.25, -0.2) is 4.99 Å². The highest BCUT2D eigenvalue weighted by molar-refractivity contribution is 6.13. The molecule has 0 atom stereocenters. The van der Waals surface area contributed by atoms with Crippen LogP contribution >= 0.6 is 0 Å². The van der Waals surface area contributed by atoms with Crippen molar-refractivity contribution in [2.45, 2.75) is 40.0 Å². The highest BCUT2D eigenvalue weighted by Crippen LogP contribution is 2.29. The maximum Gasteiger partial charge on any atom is 0.188 e. The minimum absolute atomic E-state index is 0.217. The van der Waals surface area contributed by atoms with Crippen molar-refractivity contribution in [3.05, 3.63) is 124 Å². The normalized spacial score (nSPS) is 10.9. The molecule has 184 valence electrons. The van der Waals surface area contributed by atoms with Gasteiger partial charge in [0.25, 0.3) is 0 Å². The van der Waals surface area contributed by atoms with Gasteiger partial charge in [-0.3, -0.25) is 4.98 Å². The van der Waals surface area contributed by atoms with Crippen molar-refractivity contribution in [3.8, 4) is 5.75 Å². The van der Waals surface area contributed by atoms with Gasteiger partial charge in [0.1, 0.15) is 5.75 Å². The van der Waals surface area contributed by atoms with E-state index in [-0.39, 0.29) is 12.7 Å². The van der Waals surface area contributed by atoms with Crippen molar-refractivity contribution in [2.75, 3.05) is 13.9 Å². The number of nitrogens with zero attached hydrogens (tertiary/aromatic N) is 2. The molecule has 1 heterocycles. The second kappa shape index (κ2) is 11.8. The fraction of sp³-hybridized carbons (Fsp3) is 0.250. The summed E-state index contributed by atoms with van der Waals surface area (Å²) in [5, 5.41) is 0. The van der Waals surface area contributed by atoms with Crippen LogP contribution in [0.15, 0.2) is 89.9 Å². The lowest BCUT2D eigenvalue weighted by Crippen LogP contribution is -2.07. The smallest absolute Gasteiger partial charge is 0.188 e. The minimum atomic E-state index is 0.217. The third-order valence-electron chi connectivity index (χ3n) is 6.20. The second-order valence-electron chi connectivity index (χ2n) is 9.32. The molecule has 0 radical (unpaired) electrons. The molecular formula is C32H34N2O2. The number of methoxy groups -OCH3 is 1. The highest BCUT2D eigenvalue weighted by Gasteiger charge is 2.14. The Bertz CT molecular complexity index is 1260. The standard InChI is InChI=1S/C32H34N2O2/c1-22(2)31-30(36-21-35-5)17-16-27(33-31)20-29-23(3)18-28(19-24(29)4)34-32(25-12-8-6-9-13-25)26-14-10-7-11-15-26/h6-19,22H,20-21H2,1-5H3. The second-order valence-corrected chi connectivity index (χ2v) is 9.32. The number of aromatic nitrogens is 1. The lowest BCUT2D eigenvalue weighted by atomic mass is 9.96. The number of aryl methyl sites for hydroxylation is 2. The van der Waals surface area contributed by atoms with E-state index in [1.165, 1.54) is 16.7 Å². The van der Waals surface area contributed by atoms with Gasteiger partial charge in [-0.1, -0.05) is 74.5 Å². The zero-order valence-electron chi connectivity index (χ0n) is 21.8. The van der Waals surface area contributed by atoms with Gasteiger partial charge in [0.2, 0.25) is 0 Å². The maximum absolute atomic E-state index is 5.73. The summed E-state index contributed by atoms with van der Waals surface area (Å²) >= 11 is 0. The Morgan fingerprint density at radius 2 is 1.42 bits per heavy atom. The highest BCUT2D eigenvalue weighted by atomic mass is 16.7. The minimum Gasteiger partial charge on any atom is -0.466 e. The van der Waals surface area contributed by atoms with E-state index < -0.39 is 0 Å². The van der Waals surface area contributed by atoms with E-state index in [1.807, 2.05) is 24.3 Å². The van der Waals surface area contributed by atoms with Gasteiger partial charge in [-0.15, -0.1) is 0 Å². The Balaban J connectivity index is 1.67. The molecule has 3 aromatic carbocycles. The monoisotopic (exact) mass is 478 g/mol. The summed E-state index contributed by atoms with van der Waals surface area (Å²) < 4.78 is 10.8. The van der Waals surface area contributed by atoms with E-state index in [9.17, 15) is 0 Å². The van der Waals surface area contributed by atoms with Gasteiger partial charge >= 0.3 is 0 Å².